The van der Waals surface area contributed by atoms with Gasteiger partial charge in [-0.15, -0.1) is 0 Å². The number of ether oxygens (including phenoxy) is 2. The Kier molecular flexibility index (Phi) is 5.66. The molecule has 0 bridgehead atoms. The van der Waals surface area contributed by atoms with Crippen molar-refractivity contribution >= 4 is 7.85 Å². The minimum atomic E-state index is -0.763. The minimum absolute atomic E-state index is 0.0353. The van der Waals surface area contributed by atoms with Crippen molar-refractivity contribution < 1.29 is 19.7 Å². The molecule has 1 aliphatic rings. The first kappa shape index (κ1) is 14.7. The molecule has 0 aromatic carbocycles. The van der Waals surface area contributed by atoms with E-state index in [9.17, 15) is 10.2 Å². The van der Waals surface area contributed by atoms with Crippen molar-refractivity contribution in [2.45, 2.75) is 31.4 Å². The van der Waals surface area contributed by atoms with Gasteiger partial charge >= 0.3 is 0 Å². The zero-order valence-corrected chi connectivity index (χ0v) is 11.0. The summed E-state index contributed by atoms with van der Waals surface area (Å²) in [5.41, 5.74) is 0.485. The fourth-order valence-corrected chi connectivity index (χ4v) is 2.43. The van der Waals surface area contributed by atoms with Gasteiger partial charge in [0.2, 0.25) is 0 Å². The molecule has 0 unspecified atom stereocenters. The third kappa shape index (κ3) is 3.55. The van der Waals surface area contributed by atoms with Crippen molar-refractivity contribution in [3.63, 3.8) is 0 Å². The lowest BCUT2D eigenvalue weighted by Crippen LogP contribution is -2.37. The molecule has 0 radical (unpaired) electrons. The highest BCUT2D eigenvalue weighted by Crippen LogP contribution is 2.37. The first-order chi connectivity index (χ1) is 8.08. The van der Waals surface area contributed by atoms with Gasteiger partial charge in [-0.25, -0.2) is 0 Å². The SMILES string of the molecule is B[C@@H]1OC(CO)(CO)C[C@H]1/C(C)=C\CCOC. The van der Waals surface area contributed by atoms with Gasteiger partial charge in [0.05, 0.1) is 13.2 Å². The van der Waals surface area contributed by atoms with Gasteiger partial charge in [0, 0.05) is 25.6 Å². The van der Waals surface area contributed by atoms with Gasteiger partial charge in [0.25, 0.3) is 0 Å². The Morgan fingerprint density at radius 2 is 2.18 bits per heavy atom. The molecule has 5 heteroatoms. The van der Waals surface area contributed by atoms with Crippen LogP contribution >= 0.6 is 0 Å². The number of aliphatic hydroxyl groups is 2. The van der Waals surface area contributed by atoms with Crippen LogP contribution in [0.2, 0.25) is 0 Å². The molecular formula is C12H23BO4. The van der Waals surface area contributed by atoms with Crippen molar-refractivity contribution in [3.05, 3.63) is 11.6 Å². The molecule has 2 N–H and O–H groups in total. The second kappa shape index (κ2) is 6.54. The Balaban J connectivity index is 2.63. The van der Waals surface area contributed by atoms with E-state index in [-0.39, 0.29) is 25.1 Å². The van der Waals surface area contributed by atoms with E-state index >= 15 is 0 Å². The lowest BCUT2D eigenvalue weighted by atomic mass is 9.80. The quantitative estimate of drug-likeness (QED) is 0.381. The van der Waals surface area contributed by atoms with Crippen LogP contribution in [0.5, 0.6) is 0 Å². The van der Waals surface area contributed by atoms with E-state index in [0.29, 0.717) is 13.0 Å². The van der Waals surface area contributed by atoms with Crippen molar-refractivity contribution in [3.8, 4) is 0 Å². The highest BCUT2D eigenvalue weighted by atomic mass is 16.5. The normalized spacial score (nSPS) is 28.6. The van der Waals surface area contributed by atoms with Crippen molar-refractivity contribution in [1.29, 1.82) is 0 Å². The van der Waals surface area contributed by atoms with Gasteiger partial charge in [-0.05, 0) is 19.8 Å². The number of methoxy groups -OCH3 is 1. The number of hydrogen-bond donors (Lipinski definition) is 2. The maximum absolute atomic E-state index is 9.32. The van der Waals surface area contributed by atoms with Gasteiger partial charge < -0.3 is 19.7 Å². The number of rotatable bonds is 6. The first-order valence-electron chi connectivity index (χ1n) is 6.13. The zero-order valence-electron chi connectivity index (χ0n) is 11.0. The van der Waals surface area contributed by atoms with Gasteiger partial charge in [0.1, 0.15) is 13.4 Å². The summed E-state index contributed by atoms with van der Waals surface area (Å²) in [6, 6.07) is 0.0353. The Bertz CT molecular complexity index is 263. The largest absolute Gasteiger partial charge is 0.393 e. The van der Waals surface area contributed by atoms with E-state index in [1.807, 2.05) is 7.85 Å². The lowest BCUT2D eigenvalue weighted by Gasteiger charge is -2.23. The van der Waals surface area contributed by atoms with E-state index < -0.39 is 5.60 Å². The summed E-state index contributed by atoms with van der Waals surface area (Å²) in [4.78, 5) is 0. The molecule has 2 atom stereocenters. The van der Waals surface area contributed by atoms with Gasteiger partial charge in [-0.1, -0.05) is 11.6 Å². The molecule has 0 amide bonds. The molecular weight excluding hydrogens is 219 g/mol. The summed E-state index contributed by atoms with van der Waals surface area (Å²) in [5, 5.41) is 18.6. The van der Waals surface area contributed by atoms with E-state index in [2.05, 4.69) is 13.0 Å². The summed E-state index contributed by atoms with van der Waals surface area (Å²) >= 11 is 0. The molecule has 98 valence electrons. The maximum Gasteiger partial charge on any atom is 0.140 e. The highest BCUT2D eigenvalue weighted by Gasteiger charge is 2.44. The fraction of sp³-hybridized carbons (Fsp3) is 0.833. The van der Waals surface area contributed by atoms with Gasteiger partial charge in [-0.2, -0.15) is 0 Å². The number of aliphatic hydroxyl groups excluding tert-OH is 2. The smallest absolute Gasteiger partial charge is 0.140 e. The monoisotopic (exact) mass is 242 g/mol. The van der Waals surface area contributed by atoms with Crippen LogP contribution in [-0.2, 0) is 9.47 Å². The van der Waals surface area contributed by atoms with Gasteiger partial charge in [0.15, 0.2) is 0 Å². The van der Waals surface area contributed by atoms with Crippen LogP contribution < -0.4 is 0 Å². The summed E-state index contributed by atoms with van der Waals surface area (Å²) in [5.74, 6) is 0.270. The van der Waals surface area contributed by atoms with E-state index in [0.717, 1.165) is 6.42 Å². The van der Waals surface area contributed by atoms with E-state index in [1.165, 1.54) is 5.57 Å². The lowest BCUT2D eigenvalue weighted by molar-refractivity contribution is -0.0821. The zero-order chi connectivity index (χ0) is 12.9. The van der Waals surface area contributed by atoms with Crippen LogP contribution in [-0.4, -0.2) is 56.6 Å². The van der Waals surface area contributed by atoms with Crippen LogP contribution in [0.4, 0.5) is 0 Å². The molecule has 1 aliphatic heterocycles. The van der Waals surface area contributed by atoms with Crippen LogP contribution in [0.15, 0.2) is 11.6 Å². The Morgan fingerprint density at radius 3 is 2.65 bits per heavy atom. The van der Waals surface area contributed by atoms with E-state index in [4.69, 9.17) is 9.47 Å². The summed E-state index contributed by atoms with van der Waals surface area (Å²) in [6.07, 6.45) is 3.71. The second-order valence-corrected chi connectivity index (χ2v) is 4.86. The molecule has 0 aliphatic carbocycles. The average molecular weight is 242 g/mol. The van der Waals surface area contributed by atoms with Crippen LogP contribution in [0.1, 0.15) is 19.8 Å². The molecule has 0 aromatic heterocycles. The highest BCUT2D eigenvalue weighted by molar-refractivity contribution is 6.11. The Morgan fingerprint density at radius 1 is 1.53 bits per heavy atom. The van der Waals surface area contributed by atoms with Gasteiger partial charge in [-0.3, -0.25) is 0 Å². The topological polar surface area (TPSA) is 58.9 Å². The molecule has 0 saturated carbocycles. The van der Waals surface area contributed by atoms with Crippen molar-refractivity contribution in [2.75, 3.05) is 26.9 Å². The summed E-state index contributed by atoms with van der Waals surface area (Å²) in [7, 11) is 3.68. The molecule has 0 aromatic rings. The average Bonchev–Trinajstić information content (AvgIpc) is 2.68. The summed E-state index contributed by atoms with van der Waals surface area (Å²) in [6.45, 7) is 2.53. The van der Waals surface area contributed by atoms with E-state index in [1.54, 1.807) is 7.11 Å². The first-order valence-corrected chi connectivity index (χ1v) is 6.13. The fourth-order valence-electron chi connectivity index (χ4n) is 2.43. The Hall–Kier alpha value is -0.355. The minimum Gasteiger partial charge on any atom is -0.393 e. The predicted molar refractivity (Wildman–Crippen MR) is 68.7 cm³/mol. The van der Waals surface area contributed by atoms with Crippen LogP contribution in [0.25, 0.3) is 0 Å². The molecule has 1 saturated heterocycles. The van der Waals surface area contributed by atoms with Crippen LogP contribution in [0.3, 0.4) is 0 Å². The third-order valence-corrected chi connectivity index (χ3v) is 3.54. The number of hydrogen-bond acceptors (Lipinski definition) is 4. The molecule has 4 nitrogen and oxygen atoms in total. The molecule has 1 fully saturated rings. The predicted octanol–water partition coefficient (Wildman–Crippen LogP) is -0.312. The van der Waals surface area contributed by atoms with Crippen molar-refractivity contribution in [1.82, 2.24) is 0 Å². The van der Waals surface area contributed by atoms with Crippen LogP contribution in [0, 0.1) is 5.92 Å². The third-order valence-electron chi connectivity index (χ3n) is 3.54. The molecule has 1 rings (SSSR count). The standard InChI is InChI=1S/C12H23BO4/c1-9(4-3-5-16-2)10-6-12(7-14,8-15)17-11(10)13/h4,10-11,14-15H,3,5-8,13H2,1-2H3/b9-4-/t10-,11+/m0/s1. The molecule has 1 heterocycles. The summed E-state index contributed by atoms with van der Waals surface area (Å²) < 4.78 is 10.7. The molecule has 0 spiro atoms. The Labute approximate surface area is 104 Å². The van der Waals surface area contributed by atoms with Crippen molar-refractivity contribution in [2.24, 2.45) is 5.92 Å². The second-order valence-electron chi connectivity index (χ2n) is 4.86. The molecule has 17 heavy (non-hydrogen) atoms. The maximum atomic E-state index is 9.32.